The largest absolute Gasteiger partial charge is 0.347 e. The van der Waals surface area contributed by atoms with Crippen LogP contribution in [0.5, 0.6) is 0 Å². The van der Waals surface area contributed by atoms with Gasteiger partial charge in [0.05, 0.1) is 6.10 Å². The van der Waals surface area contributed by atoms with Crippen LogP contribution in [0, 0.1) is 0 Å². The van der Waals surface area contributed by atoms with Crippen LogP contribution in [0.2, 0.25) is 0 Å². The highest BCUT2D eigenvalue weighted by Crippen LogP contribution is 2.38. The Hall–Kier alpha value is -0.120. The molecular formula is C11H20O3. The molecule has 0 aromatic carbocycles. The molecule has 2 rings (SSSR count). The van der Waals surface area contributed by atoms with Crippen molar-refractivity contribution in [2.24, 2.45) is 0 Å². The zero-order chi connectivity index (χ0) is 10.0. The lowest BCUT2D eigenvalue weighted by atomic mass is 9.94. The van der Waals surface area contributed by atoms with Gasteiger partial charge in [-0.05, 0) is 26.7 Å². The first-order valence-corrected chi connectivity index (χ1v) is 5.67. The van der Waals surface area contributed by atoms with Gasteiger partial charge >= 0.3 is 0 Å². The van der Waals surface area contributed by atoms with Crippen LogP contribution >= 0.6 is 0 Å². The Morgan fingerprint density at radius 2 is 1.93 bits per heavy atom. The van der Waals surface area contributed by atoms with Crippen molar-refractivity contribution in [1.82, 2.24) is 0 Å². The van der Waals surface area contributed by atoms with E-state index in [0.29, 0.717) is 6.61 Å². The van der Waals surface area contributed by atoms with Gasteiger partial charge in [0.25, 0.3) is 0 Å². The second-order valence-electron chi connectivity index (χ2n) is 4.51. The molecule has 1 atom stereocenters. The zero-order valence-electron chi connectivity index (χ0n) is 9.12. The molecule has 82 valence electrons. The van der Waals surface area contributed by atoms with E-state index >= 15 is 0 Å². The molecule has 14 heavy (non-hydrogen) atoms. The standard InChI is InChI=1S/C11H20O3/c1-9(2)13-10-8-12-11(14-10)6-4-3-5-7-11/h9-10H,3-8H2,1-2H3. The van der Waals surface area contributed by atoms with E-state index in [9.17, 15) is 0 Å². The molecule has 1 unspecified atom stereocenters. The molecule has 1 saturated heterocycles. The molecule has 1 saturated carbocycles. The quantitative estimate of drug-likeness (QED) is 0.685. The van der Waals surface area contributed by atoms with E-state index in [1.54, 1.807) is 0 Å². The first-order chi connectivity index (χ1) is 6.70. The summed E-state index contributed by atoms with van der Waals surface area (Å²) in [7, 11) is 0. The van der Waals surface area contributed by atoms with Crippen LogP contribution in [0.1, 0.15) is 46.0 Å². The van der Waals surface area contributed by atoms with Crippen LogP contribution in [0.25, 0.3) is 0 Å². The Morgan fingerprint density at radius 3 is 2.57 bits per heavy atom. The lowest BCUT2D eigenvalue weighted by Crippen LogP contribution is -2.34. The molecule has 2 fully saturated rings. The van der Waals surface area contributed by atoms with Crippen molar-refractivity contribution in [3.05, 3.63) is 0 Å². The zero-order valence-corrected chi connectivity index (χ0v) is 9.12. The summed E-state index contributed by atoms with van der Waals surface area (Å²) >= 11 is 0. The molecule has 0 bridgehead atoms. The van der Waals surface area contributed by atoms with Gasteiger partial charge in [-0.15, -0.1) is 0 Å². The lowest BCUT2D eigenvalue weighted by molar-refractivity contribution is -0.230. The van der Waals surface area contributed by atoms with E-state index in [1.807, 2.05) is 13.8 Å². The number of hydrogen-bond acceptors (Lipinski definition) is 3. The number of rotatable bonds is 2. The van der Waals surface area contributed by atoms with Crippen molar-refractivity contribution >= 4 is 0 Å². The Kier molecular flexibility index (Phi) is 3.10. The third kappa shape index (κ3) is 2.27. The molecule has 0 radical (unpaired) electrons. The van der Waals surface area contributed by atoms with Crippen molar-refractivity contribution in [3.63, 3.8) is 0 Å². The molecule has 0 N–H and O–H groups in total. The maximum atomic E-state index is 5.86. The lowest BCUT2D eigenvalue weighted by Gasteiger charge is -2.31. The monoisotopic (exact) mass is 200 g/mol. The summed E-state index contributed by atoms with van der Waals surface area (Å²) in [6.45, 7) is 4.64. The summed E-state index contributed by atoms with van der Waals surface area (Å²) < 4.78 is 17.2. The highest BCUT2D eigenvalue weighted by Gasteiger charge is 2.42. The van der Waals surface area contributed by atoms with Crippen molar-refractivity contribution < 1.29 is 14.2 Å². The first kappa shape index (κ1) is 10.4. The Labute approximate surface area is 85.7 Å². The highest BCUT2D eigenvalue weighted by atomic mass is 16.8. The van der Waals surface area contributed by atoms with Crippen LogP contribution in [0.15, 0.2) is 0 Å². The molecule has 0 aromatic rings. The third-order valence-electron chi connectivity index (χ3n) is 2.87. The summed E-state index contributed by atoms with van der Waals surface area (Å²) in [5.41, 5.74) is 0. The topological polar surface area (TPSA) is 27.7 Å². The minimum Gasteiger partial charge on any atom is -0.347 e. The summed E-state index contributed by atoms with van der Waals surface area (Å²) in [5.74, 6) is -0.294. The van der Waals surface area contributed by atoms with E-state index in [-0.39, 0.29) is 18.2 Å². The summed E-state index contributed by atoms with van der Waals surface area (Å²) in [5, 5.41) is 0. The fourth-order valence-electron chi connectivity index (χ4n) is 2.25. The maximum Gasteiger partial charge on any atom is 0.184 e. The molecular weight excluding hydrogens is 180 g/mol. The first-order valence-electron chi connectivity index (χ1n) is 5.67. The second kappa shape index (κ2) is 4.17. The molecule has 0 aromatic heterocycles. The molecule has 3 nitrogen and oxygen atoms in total. The van der Waals surface area contributed by atoms with E-state index in [1.165, 1.54) is 19.3 Å². The Morgan fingerprint density at radius 1 is 1.21 bits per heavy atom. The maximum absolute atomic E-state index is 5.86. The summed E-state index contributed by atoms with van der Waals surface area (Å²) in [4.78, 5) is 0. The fourth-order valence-corrected chi connectivity index (χ4v) is 2.25. The van der Waals surface area contributed by atoms with E-state index < -0.39 is 0 Å². The molecule has 1 spiro atoms. The Bertz CT molecular complexity index is 185. The van der Waals surface area contributed by atoms with Crippen LogP contribution in [-0.2, 0) is 14.2 Å². The normalized spacial score (nSPS) is 31.5. The van der Waals surface area contributed by atoms with Gasteiger partial charge in [-0.25, -0.2) is 0 Å². The summed E-state index contributed by atoms with van der Waals surface area (Å²) in [6, 6.07) is 0. The molecule has 1 heterocycles. The SMILES string of the molecule is CC(C)OC1COC2(CCCCC2)O1. The average molecular weight is 200 g/mol. The van der Waals surface area contributed by atoms with Crippen LogP contribution in [-0.4, -0.2) is 24.8 Å². The molecule has 2 aliphatic rings. The van der Waals surface area contributed by atoms with Crippen molar-refractivity contribution in [1.29, 1.82) is 0 Å². The molecule has 0 amide bonds. The van der Waals surface area contributed by atoms with Crippen molar-refractivity contribution in [2.75, 3.05) is 6.61 Å². The van der Waals surface area contributed by atoms with E-state index in [0.717, 1.165) is 12.8 Å². The molecule has 1 aliphatic heterocycles. The second-order valence-corrected chi connectivity index (χ2v) is 4.51. The van der Waals surface area contributed by atoms with Gasteiger partial charge in [-0.3, -0.25) is 0 Å². The summed E-state index contributed by atoms with van der Waals surface area (Å²) in [6.07, 6.45) is 5.87. The van der Waals surface area contributed by atoms with Crippen LogP contribution in [0.4, 0.5) is 0 Å². The van der Waals surface area contributed by atoms with Crippen LogP contribution < -0.4 is 0 Å². The van der Waals surface area contributed by atoms with Gasteiger partial charge in [0, 0.05) is 12.8 Å². The average Bonchev–Trinajstić information content (AvgIpc) is 2.49. The van der Waals surface area contributed by atoms with Gasteiger partial charge in [-0.2, -0.15) is 0 Å². The third-order valence-corrected chi connectivity index (χ3v) is 2.87. The van der Waals surface area contributed by atoms with Gasteiger partial charge in [0.2, 0.25) is 0 Å². The van der Waals surface area contributed by atoms with Gasteiger partial charge in [-0.1, -0.05) is 6.42 Å². The molecule has 1 aliphatic carbocycles. The Balaban J connectivity index is 1.86. The molecule has 3 heteroatoms. The van der Waals surface area contributed by atoms with Gasteiger partial charge < -0.3 is 14.2 Å². The number of hydrogen-bond donors (Lipinski definition) is 0. The minimum atomic E-state index is -0.294. The van der Waals surface area contributed by atoms with E-state index in [2.05, 4.69) is 0 Å². The van der Waals surface area contributed by atoms with Crippen molar-refractivity contribution in [2.45, 2.75) is 64.1 Å². The predicted octanol–water partition coefficient (Wildman–Crippen LogP) is 2.44. The van der Waals surface area contributed by atoms with Crippen molar-refractivity contribution in [3.8, 4) is 0 Å². The van der Waals surface area contributed by atoms with E-state index in [4.69, 9.17) is 14.2 Å². The van der Waals surface area contributed by atoms with Crippen LogP contribution in [0.3, 0.4) is 0 Å². The minimum absolute atomic E-state index is 0.145. The fraction of sp³-hybridized carbons (Fsp3) is 1.00. The number of ether oxygens (including phenoxy) is 3. The van der Waals surface area contributed by atoms with Gasteiger partial charge in [0.1, 0.15) is 6.61 Å². The predicted molar refractivity (Wildman–Crippen MR) is 52.9 cm³/mol. The van der Waals surface area contributed by atoms with Gasteiger partial charge in [0.15, 0.2) is 12.1 Å². The highest BCUT2D eigenvalue weighted by molar-refractivity contribution is 4.79. The smallest absolute Gasteiger partial charge is 0.184 e.